The Morgan fingerprint density at radius 2 is 1.68 bits per heavy atom. The van der Waals surface area contributed by atoms with Gasteiger partial charge in [0.05, 0.1) is 5.56 Å². The summed E-state index contributed by atoms with van der Waals surface area (Å²) in [4.78, 5) is 40.5. The number of hydrogen-bond acceptors (Lipinski definition) is 4. The van der Waals surface area contributed by atoms with Gasteiger partial charge in [-0.05, 0) is 43.7 Å². The topological polar surface area (TPSA) is 79.0 Å². The predicted octanol–water partition coefficient (Wildman–Crippen LogP) is 2.84. The average molecular weight is 488 g/mol. The summed E-state index contributed by atoms with van der Waals surface area (Å²) in [5.74, 6) is -0.800. The van der Waals surface area contributed by atoms with E-state index in [1.807, 2.05) is 30.3 Å². The zero-order valence-corrected chi connectivity index (χ0v) is 19.2. The number of amides is 3. The summed E-state index contributed by atoms with van der Waals surface area (Å²) in [7, 11) is 0. The summed E-state index contributed by atoms with van der Waals surface area (Å²) in [6.45, 7) is 5.31. The molecule has 2 aromatic rings. The molecule has 1 heterocycles. The van der Waals surface area contributed by atoms with Gasteiger partial charge in [0, 0.05) is 36.7 Å². The lowest BCUT2D eigenvalue weighted by Crippen LogP contribution is -2.54. The van der Waals surface area contributed by atoms with Crippen LogP contribution in [-0.2, 0) is 16.2 Å². The highest BCUT2D eigenvalue weighted by molar-refractivity contribution is 9.10. The largest absolute Gasteiger partial charge is 0.488 e. The van der Waals surface area contributed by atoms with E-state index in [2.05, 4.69) is 21.2 Å². The molecule has 7 nitrogen and oxygen atoms in total. The maximum Gasteiger partial charge on any atom is 0.312 e. The molecule has 0 aliphatic carbocycles. The van der Waals surface area contributed by atoms with Crippen molar-refractivity contribution in [3.8, 4) is 5.75 Å². The highest BCUT2D eigenvalue weighted by Crippen LogP contribution is 2.22. The standard InChI is InChI=1S/C23H26BrN3O4/c1-16(2)25-21(28)23(30)27-12-10-26(11-13-27)22(29)19-8-3-4-9-20(19)31-15-17-6-5-7-18(24)14-17/h3-9,14,16H,10-13,15H2,1-2H3,(H,25,28). The van der Waals surface area contributed by atoms with Crippen molar-refractivity contribution in [1.29, 1.82) is 0 Å². The molecule has 1 aliphatic rings. The number of ether oxygens (including phenoxy) is 1. The minimum Gasteiger partial charge on any atom is -0.488 e. The van der Waals surface area contributed by atoms with E-state index in [1.54, 1.807) is 36.9 Å². The van der Waals surface area contributed by atoms with Gasteiger partial charge < -0.3 is 19.9 Å². The highest BCUT2D eigenvalue weighted by Gasteiger charge is 2.29. The monoisotopic (exact) mass is 487 g/mol. The Morgan fingerprint density at radius 3 is 2.35 bits per heavy atom. The van der Waals surface area contributed by atoms with Gasteiger partial charge in [-0.3, -0.25) is 14.4 Å². The van der Waals surface area contributed by atoms with Crippen LogP contribution in [-0.4, -0.2) is 59.7 Å². The second kappa shape index (κ2) is 10.4. The van der Waals surface area contributed by atoms with Crippen LogP contribution in [0.15, 0.2) is 53.0 Å². The molecule has 1 N–H and O–H groups in total. The van der Waals surface area contributed by atoms with Gasteiger partial charge in [-0.1, -0.05) is 40.2 Å². The fourth-order valence-corrected chi connectivity index (χ4v) is 3.75. The number of nitrogens with zero attached hydrogens (tertiary/aromatic N) is 2. The SMILES string of the molecule is CC(C)NC(=O)C(=O)N1CCN(C(=O)c2ccccc2OCc2cccc(Br)c2)CC1. The molecule has 0 bridgehead atoms. The molecule has 0 spiro atoms. The Labute approximate surface area is 190 Å². The van der Waals surface area contributed by atoms with Crippen LogP contribution in [0.4, 0.5) is 0 Å². The first-order chi connectivity index (χ1) is 14.8. The van der Waals surface area contributed by atoms with Crippen LogP contribution < -0.4 is 10.1 Å². The molecule has 0 saturated carbocycles. The van der Waals surface area contributed by atoms with Crippen molar-refractivity contribution in [2.75, 3.05) is 26.2 Å². The molecule has 8 heteroatoms. The third kappa shape index (κ3) is 6.07. The average Bonchev–Trinajstić information content (AvgIpc) is 2.76. The summed E-state index contributed by atoms with van der Waals surface area (Å²) >= 11 is 3.44. The zero-order valence-electron chi connectivity index (χ0n) is 17.6. The first-order valence-electron chi connectivity index (χ1n) is 10.2. The van der Waals surface area contributed by atoms with E-state index in [4.69, 9.17) is 4.74 Å². The molecule has 1 saturated heterocycles. The molecule has 0 unspecified atom stereocenters. The maximum atomic E-state index is 13.1. The summed E-state index contributed by atoms with van der Waals surface area (Å²) in [6, 6.07) is 14.9. The lowest BCUT2D eigenvalue weighted by atomic mass is 10.1. The Hall–Kier alpha value is -2.87. The van der Waals surface area contributed by atoms with Gasteiger partial charge >= 0.3 is 11.8 Å². The quantitative estimate of drug-likeness (QED) is 0.657. The Bertz CT molecular complexity index is 955. The molecule has 0 radical (unpaired) electrons. The fraction of sp³-hybridized carbons (Fsp3) is 0.348. The molecule has 0 aromatic heterocycles. The van der Waals surface area contributed by atoms with Crippen LogP contribution in [0, 0.1) is 0 Å². The molecule has 3 amide bonds. The van der Waals surface area contributed by atoms with Gasteiger partial charge in [-0.2, -0.15) is 0 Å². The second-order valence-electron chi connectivity index (χ2n) is 7.63. The normalized spacial score (nSPS) is 13.8. The van der Waals surface area contributed by atoms with E-state index in [0.29, 0.717) is 44.1 Å². The number of hydrogen-bond donors (Lipinski definition) is 1. The third-order valence-corrected chi connectivity index (χ3v) is 5.36. The summed E-state index contributed by atoms with van der Waals surface area (Å²) < 4.78 is 6.90. The minimum absolute atomic E-state index is 0.104. The molecule has 1 fully saturated rings. The number of para-hydroxylation sites is 1. The number of nitrogens with one attached hydrogen (secondary N) is 1. The van der Waals surface area contributed by atoms with E-state index >= 15 is 0 Å². The summed E-state index contributed by atoms with van der Waals surface area (Å²) in [6.07, 6.45) is 0. The van der Waals surface area contributed by atoms with Gasteiger partial charge in [0.2, 0.25) is 0 Å². The molecule has 3 rings (SSSR count). The zero-order chi connectivity index (χ0) is 22.4. The van der Waals surface area contributed by atoms with E-state index < -0.39 is 11.8 Å². The van der Waals surface area contributed by atoms with Crippen LogP contribution in [0.2, 0.25) is 0 Å². The number of carbonyl (C=O) groups is 3. The number of piperazine rings is 1. The van der Waals surface area contributed by atoms with Gasteiger partial charge in [-0.15, -0.1) is 0 Å². The number of carbonyl (C=O) groups excluding carboxylic acids is 3. The Balaban J connectivity index is 1.61. The van der Waals surface area contributed by atoms with Crippen molar-refractivity contribution in [3.05, 3.63) is 64.1 Å². The van der Waals surface area contributed by atoms with Gasteiger partial charge in [-0.25, -0.2) is 0 Å². The second-order valence-corrected chi connectivity index (χ2v) is 8.54. The van der Waals surface area contributed by atoms with Crippen molar-refractivity contribution >= 4 is 33.7 Å². The van der Waals surface area contributed by atoms with Gasteiger partial charge in [0.1, 0.15) is 12.4 Å². The Morgan fingerprint density at radius 1 is 1.00 bits per heavy atom. The van der Waals surface area contributed by atoms with Crippen molar-refractivity contribution < 1.29 is 19.1 Å². The molecule has 31 heavy (non-hydrogen) atoms. The molecule has 164 valence electrons. The highest BCUT2D eigenvalue weighted by atomic mass is 79.9. The molecule has 1 aliphatic heterocycles. The summed E-state index contributed by atoms with van der Waals surface area (Å²) in [5, 5.41) is 2.61. The number of halogens is 1. The minimum atomic E-state index is -0.610. The van der Waals surface area contributed by atoms with E-state index in [-0.39, 0.29) is 11.9 Å². The molecular weight excluding hydrogens is 462 g/mol. The first-order valence-corrected chi connectivity index (χ1v) is 11.0. The maximum absolute atomic E-state index is 13.1. The van der Waals surface area contributed by atoms with Crippen molar-refractivity contribution in [2.45, 2.75) is 26.5 Å². The smallest absolute Gasteiger partial charge is 0.312 e. The van der Waals surface area contributed by atoms with Crippen LogP contribution in [0.1, 0.15) is 29.8 Å². The lowest BCUT2D eigenvalue weighted by Gasteiger charge is -2.34. The molecule has 2 aromatic carbocycles. The van der Waals surface area contributed by atoms with Gasteiger partial charge in [0.25, 0.3) is 5.91 Å². The molecule has 0 atom stereocenters. The van der Waals surface area contributed by atoms with Crippen molar-refractivity contribution in [1.82, 2.24) is 15.1 Å². The summed E-state index contributed by atoms with van der Waals surface area (Å²) in [5.41, 5.74) is 1.47. The van der Waals surface area contributed by atoms with E-state index in [1.165, 1.54) is 4.90 Å². The van der Waals surface area contributed by atoms with Crippen LogP contribution in [0.3, 0.4) is 0 Å². The fourth-order valence-electron chi connectivity index (χ4n) is 3.31. The van der Waals surface area contributed by atoms with E-state index in [0.717, 1.165) is 10.0 Å². The van der Waals surface area contributed by atoms with Crippen LogP contribution in [0.5, 0.6) is 5.75 Å². The first kappa shape index (κ1) is 22.8. The van der Waals surface area contributed by atoms with Crippen molar-refractivity contribution in [2.24, 2.45) is 0 Å². The third-order valence-electron chi connectivity index (χ3n) is 4.87. The number of benzene rings is 2. The lowest BCUT2D eigenvalue weighted by molar-refractivity contribution is -0.147. The van der Waals surface area contributed by atoms with Crippen LogP contribution >= 0.6 is 15.9 Å². The molecular formula is C23H26BrN3O4. The van der Waals surface area contributed by atoms with E-state index in [9.17, 15) is 14.4 Å². The predicted molar refractivity (Wildman–Crippen MR) is 121 cm³/mol. The number of rotatable bonds is 5. The van der Waals surface area contributed by atoms with Crippen LogP contribution in [0.25, 0.3) is 0 Å². The Kier molecular flexibility index (Phi) is 7.68. The van der Waals surface area contributed by atoms with Crippen molar-refractivity contribution in [3.63, 3.8) is 0 Å². The van der Waals surface area contributed by atoms with Gasteiger partial charge in [0.15, 0.2) is 0 Å².